The van der Waals surface area contributed by atoms with Crippen LogP contribution in [0.3, 0.4) is 0 Å². The topological polar surface area (TPSA) is 93.5 Å². The molecule has 120 valence electrons. The third-order valence-corrected chi connectivity index (χ3v) is 3.19. The molecule has 0 atom stereocenters. The Morgan fingerprint density at radius 2 is 1.78 bits per heavy atom. The van der Waals surface area contributed by atoms with E-state index >= 15 is 0 Å². The first kappa shape index (κ1) is 16.4. The van der Waals surface area contributed by atoms with Crippen LogP contribution in [0.4, 0.5) is 16.2 Å². The van der Waals surface area contributed by atoms with E-state index in [1.165, 1.54) is 24.3 Å². The van der Waals surface area contributed by atoms with Gasteiger partial charge in [0.25, 0.3) is 5.69 Å². The van der Waals surface area contributed by atoms with Crippen LogP contribution in [0.5, 0.6) is 0 Å². The molecule has 0 aromatic heterocycles. The number of ether oxygens (including phenoxy) is 1. The van der Waals surface area contributed by atoms with Crippen LogP contribution in [0.15, 0.2) is 48.5 Å². The summed E-state index contributed by atoms with van der Waals surface area (Å²) in [6.45, 7) is 0.834. The summed E-state index contributed by atoms with van der Waals surface area (Å²) in [5.74, 6) is 0. The van der Waals surface area contributed by atoms with Crippen molar-refractivity contribution in [2.45, 2.75) is 13.2 Å². The second-order valence-corrected chi connectivity index (χ2v) is 4.81. The Morgan fingerprint density at radius 3 is 2.39 bits per heavy atom. The summed E-state index contributed by atoms with van der Waals surface area (Å²) in [7, 11) is 1.62. The van der Waals surface area contributed by atoms with E-state index < -0.39 is 4.92 Å². The maximum Gasteiger partial charge on any atom is 0.319 e. The number of non-ortho nitro benzene ring substituents is 1. The van der Waals surface area contributed by atoms with E-state index in [-0.39, 0.29) is 11.7 Å². The van der Waals surface area contributed by atoms with Gasteiger partial charge in [-0.1, -0.05) is 24.3 Å². The molecule has 0 aliphatic rings. The number of rotatable bonds is 6. The predicted molar refractivity (Wildman–Crippen MR) is 86.1 cm³/mol. The molecule has 0 aliphatic carbocycles. The number of nitro groups is 1. The quantitative estimate of drug-likeness (QED) is 0.633. The summed E-state index contributed by atoms with van der Waals surface area (Å²) in [4.78, 5) is 22.0. The zero-order chi connectivity index (χ0) is 16.7. The lowest BCUT2D eigenvalue weighted by Gasteiger charge is -2.11. The lowest BCUT2D eigenvalue weighted by molar-refractivity contribution is -0.384. The van der Waals surface area contributed by atoms with Crippen molar-refractivity contribution in [3.05, 3.63) is 69.8 Å². The first-order valence-electron chi connectivity index (χ1n) is 6.95. The van der Waals surface area contributed by atoms with Gasteiger partial charge in [0.05, 0.1) is 11.5 Å². The maximum atomic E-state index is 11.9. The Morgan fingerprint density at radius 1 is 1.13 bits per heavy atom. The fourth-order valence-corrected chi connectivity index (χ4v) is 2.04. The Labute approximate surface area is 133 Å². The fourth-order valence-electron chi connectivity index (χ4n) is 2.04. The van der Waals surface area contributed by atoms with Gasteiger partial charge in [0.1, 0.15) is 0 Å². The van der Waals surface area contributed by atoms with Crippen LogP contribution >= 0.6 is 0 Å². The number of carbonyl (C=O) groups excluding carboxylic acids is 1. The number of anilines is 1. The SMILES string of the molecule is COCc1ccccc1CNC(=O)Nc1ccc([N+](=O)[O-])cc1. The summed E-state index contributed by atoms with van der Waals surface area (Å²) >= 11 is 0. The van der Waals surface area contributed by atoms with Crippen molar-refractivity contribution in [1.82, 2.24) is 5.32 Å². The lowest BCUT2D eigenvalue weighted by atomic mass is 10.1. The molecular formula is C16H17N3O4. The highest BCUT2D eigenvalue weighted by Gasteiger charge is 2.07. The van der Waals surface area contributed by atoms with Crippen LogP contribution in [-0.4, -0.2) is 18.1 Å². The van der Waals surface area contributed by atoms with Crippen molar-refractivity contribution in [1.29, 1.82) is 0 Å². The van der Waals surface area contributed by atoms with E-state index in [0.29, 0.717) is 18.8 Å². The van der Waals surface area contributed by atoms with Crippen LogP contribution in [0, 0.1) is 10.1 Å². The zero-order valence-corrected chi connectivity index (χ0v) is 12.6. The minimum atomic E-state index is -0.489. The molecule has 7 heteroatoms. The number of hydrogen-bond acceptors (Lipinski definition) is 4. The standard InChI is InChI=1S/C16H17N3O4/c1-23-11-13-5-3-2-4-12(13)10-17-16(20)18-14-6-8-15(9-7-14)19(21)22/h2-9H,10-11H2,1H3,(H2,17,18,20). The second-order valence-electron chi connectivity index (χ2n) is 4.81. The molecule has 7 nitrogen and oxygen atoms in total. The second kappa shape index (κ2) is 7.90. The minimum Gasteiger partial charge on any atom is -0.380 e. The van der Waals surface area contributed by atoms with Crippen LogP contribution in [0.1, 0.15) is 11.1 Å². The normalized spacial score (nSPS) is 10.1. The fraction of sp³-hybridized carbons (Fsp3) is 0.188. The number of nitrogens with one attached hydrogen (secondary N) is 2. The Hall–Kier alpha value is -2.93. The lowest BCUT2D eigenvalue weighted by Crippen LogP contribution is -2.28. The van der Waals surface area contributed by atoms with Gasteiger partial charge in [-0.25, -0.2) is 4.79 Å². The molecule has 2 rings (SSSR count). The summed E-state index contributed by atoms with van der Waals surface area (Å²) in [5.41, 5.74) is 2.43. The van der Waals surface area contributed by atoms with Crippen molar-refractivity contribution in [2.24, 2.45) is 0 Å². The highest BCUT2D eigenvalue weighted by molar-refractivity contribution is 5.89. The van der Waals surface area contributed by atoms with Crippen LogP contribution in [-0.2, 0) is 17.9 Å². The van der Waals surface area contributed by atoms with Gasteiger partial charge in [-0.2, -0.15) is 0 Å². The Kier molecular flexibility index (Phi) is 5.65. The smallest absolute Gasteiger partial charge is 0.319 e. The number of amides is 2. The molecule has 0 spiro atoms. The Balaban J connectivity index is 1.91. The van der Waals surface area contributed by atoms with Crippen molar-refractivity contribution >= 4 is 17.4 Å². The molecule has 0 fully saturated rings. The first-order valence-corrected chi connectivity index (χ1v) is 6.95. The number of hydrogen-bond donors (Lipinski definition) is 2. The highest BCUT2D eigenvalue weighted by atomic mass is 16.6. The number of urea groups is 1. The molecule has 2 N–H and O–H groups in total. The molecule has 0 unspecified atom stereocenters. The van der Waals surface area contributed by atoms with Crippen LogP contribution < -0.4 is 10.6 Å². The van der Waals surface area contributed by atoms with Gasteiger partial charge in [-0.3, -0.25) is 10.1 Å². The molecule has 2 aromatic rings. The molecule has 0 aliphatic heterocycles. The predicted octanol–water partition coefficient (Wildman–Crippen LogP) is 3.06. The van der Waals surface area contributed by atoms with Gasteiger partial charge in [0.2, 0.25) is 0 Å². The van der Waals surface area contributed by atoms with Gasteiger partial charge in [0.15, 0.2) is 0 Å². The zero-order valence-electron chi connectivity index (χ0n) is 12.6. The number of carbonyl (C=O) groups is 1. The number of nitro benzene ring substituents is 1. The third-order valence-electron chi connectivity index (χ3n) is 3.19. The van der Waals surface area contributed by atoms with E-state index in [2.05, 4.69) is 10.6 Å². The van der Waals surface area contributed by atoms with E-state index in [1.54, 1.807) is 7.11 Å². The Bertz CT molecular complexity index is 686. The maximum absolute atomic E-state index is 11.9. The molecule has 0 saturated heterocycles. The van der Waals surface area contributed by atoms with Gasteiger partial charge >= 0.3 is 6.03 Å². The summed E-state index contributed by atoms with van der Waals surface area (Å²) in [6.07, 6.45) is 0. The molecule has 23 heavy (non-hydrogen) atoms. The van der Waals surface area contributed by atoms with Gasteiger partial charge in [0, 0.05) is 31.5 Å². The van der Waals surface area contributed by atoms with Crippen molar-refractivity contribution in [3.8, 4) is 0 Å². The van der Waals surface area contributed by atoms with Crippen molar-refractivity contribution in [3.63, 3.8) is 0 Å². The highest BCUT2D eigenvalue weighted by Crippen LogP contribution is 2.15. The van der Waals surface area contributed by atoms with Gasteiger partial charge < -0.3 is 15.4 Å². The van der Waals surface area contributed by atoms with Crippen molar-refractivity contribution in [2.75, 3.05) is 12.4 Å². The van der Waals surface area contributed by atoms with E-state index in [9.17, 15) is 14.9 Å². The summed E-state index contributed by atoms with van der Waals surface area (Å²) < 4.78 is 5.12. The largest absolute Gasteiger partial charge is 0.380 e. The minimum absolute atomic E-state index is 0.0237. The molecule has 2 aromatic carbocycles. The number of benzene rings is 2. The van der Waals surface area contributed by atoms with Gasteiger partial charge in [-0.05, 0) is 23.3 Å². The van der Waals surface area contributed by atoms with Crippen molar-refractivity contribution < 1.29 is 14.5 Å². The molecule has 0 bridgehead atoms. The van der Waals surface area contributed by atoms with E-state index in [4.69, 9.17) is 4.74 Å². The van der Waals surface area contributed by atoms with E-state index in [1.807, 2.05) is 24.3 Å². The number of nitrogens with zero attached hydrogens (tertiary/aromatic N) is 1. The molecule has 0 saturated carbocycles. The van der Waals surface area contributed by atoms with Crippen LogP contribution in [0.2, 0.25) is 0 Å². The van der Waals surface area contributed by atoms with E-state index in [0.717, 1.165) is 11.1 Å². The molecule has 0 radical (unpaired) electrons. The average Bonchev–Trinajstić information content (AvgIpc) is 2.55. The van der Waals surface area contributed by atoms with Crippen LogP contribution in [0.25, 0.3) is 0 Å². The average molecular weight is 315 g/mol. The first-order chi connectivity index (χ1) is 11.1. The summed E-state index contributed by atoms with van der Waals surface area (Å²) in [6, 6.07) is 12.9. The molecule has 2 amide bonds. The summed E-state index contributed by atoms with van der Waals surface area (Å²) in [5, 5.41) is 15.9. The molecular weight excluding hydrogens is 298 g/mol. The third kappa shape index (κ3) is 4.79. The van der Waals surface area contributed by atoms with Gasteiger partial charge in [-0.15, -0.1) is 0 Å². The molecule has 0 heterocycles. The monoisotopic (exact) mass is 315 g/mol. The number of methoxy groups -OCH3 is 1.